The van der Waals surface area contributed by atoms with Gasteiger partial charge in [-0.2, -0.15) is 0 Å². The molecule has 0 spiro atoms. The molecule has 1 rings (SSSR count). The highest BCUT2D eigenvalue weighted by Crippen LogP contribution is 2.04. The third-order valence-electron chi connectivity index (χ3n) is 2.07. The van der Waals surface area contributed by atoms with E-state index in [4.69, 9.17) is 16.7 Å². The largest absolute Gasteiger partial charge is 0.481 e. The van der Waals surface area contributed by atoms with Crippen molar-refractivity contribution in [3.05, 3.63) is 36.3 Å². The smallest absolute Gasteiger partial charge is 0.303 e. The molecule has 0 amide bonds. The van der Waals surface area contributed by atoms with Crippen molar-refractivity contribution in [3.63, 3.8) is 0 Å². The summed E-state index contributed by atoms with van der Waals surface area (Å²) in [6, 6.07) is 5.40. The third-order valence-corrected chi connectivity index (χ3v) is 2.07. The van der Waals surface area contributed by atoms with Crippen molar-refractivity contribution in [2.75, 3.05) is 6.54 Å². The first-order valence-corrected chi connectivity index (χ1v) is 5.21. The first-order valence-electron chi connectivity index (χ1n) is 5.21. The van der Waals surface area contributed by atoms with Gasteiger partial charge in [-0.3, -0.25) is 9.78 Å². The van der Waals surface area contributed by atoms with Crippen LogP contribution in [0.5, 0.6) is 0 Å². The number of carbonyl (C=O) groups is 1. The first-order chi connectivity index (χ1) is 8.09. The van der Waals surface area contributed by atoms with Crippen molar-refractivity contribution in [1.29, 1.82) is 0 Å². The second-order valence-corrected chi connectivity index (χ2v) is 3.53. The molecular formula is C11H16N4O2. The molecule has 1 heterocycles. The predicted octanol–water partition coefficient (Wildman–Crippen LogP) is 0.379. The molecule has 17 heavy (non-hydrogen) atoms. The molecule has 0 atom stereocenters. The minimum atomic E-state index is -0.833. The Labute approximate surface area is 99.5 Å². The summed E-state index contributed by atoms with van der Waals surface area (Å²) in [7, 11) is 0. The Hall–Kier alpha value is -2.08. The summed E-state index contributed by atoms with van der Waals surface area (Å²) in [6.07, 6.45) is 3.74. The molecule has 0 bridgehead atoms. The molecule has 6 heteroatoms. The fraction of sp³-hybridized carbons (Fsp3) is 0.273. The van der Waals surface area contributed by atoms with Gasteiger partial charge < -0.3 is 15.8 Å². The fourth-order valence-corrected chi connectivity index (χ4v) is 1.26. The van der Waals surface area contributed by atoms with Gasteiger partial charge in [-0.1, -0.05) is 6.07 Å². The molecule has 0 saturated carbocycles. The number of hydrogen-bond donors (Lipinski definition) is 3. The van der Waals surface area contributed by atoms with Gasteiger partial charge in [-0.05, 0) is 18.6 Å². The zero-order chi connectivity index (χ0) is 12.7. The van der Waals surface area contributed by atoms with Gasteiger partial charge in [0.1, 0.15) is 0 Å². The van der Waals surface area contributed by atoms with Crippen LogP contribution in [0.25, 0.3) is 5.70 Å². The van der Waals surface area contributed by atoms with E-state index in [1.165, 1.54) is 5.01 Å². The molecule has 0 aliphatic heterocycles. The monoisotopic (exact) mass is 236 g/mol. The molecule has 5 N–H and O–H groups in total. The number of nitrogens with zero attached hydrogens (tertiary/aromatic N) is 2. The van der Waals surface area contributed by atoms with Gasteiger partial charge in [0.15, 0.2) is 0 Å². The van der Waals surface area contributed by atoms with Crippen LogP contribution < -0.4 is 11.6 Å². The van der Waals surface area contributed by atoms with Crippen molar-refractivity contribution in [2.45, 2.75) is 12.8 Å². The molecule has 6 nitrogen and oxygen atoms in total. The van der Waals surface area contributed by atoms with Gasteiger partial charge in [0.2, 0.25) is 0 Å². The average Bonchev–Trinajstić information content (AvgIpc) is 2.29. The number of aliphatic carboxylic acids is 1. The minimum Gasteiger partial charge on any atom is -0.481 e. The second-order valence-electron chi connectivity index (χ2n) is 3.53. The van der Waals surface area contributed by atoms with E-state index in [9.17, 15) is 4.79 Å². The number of hydrogen-bond acceptors (Lipinski definition) is 5. The Bertz CT molecular complexity index is 392. The van der Waals surface area contributed by atoms with E-state index in [-0.39, 0.29) is 6.42 Å². The van der Waals surface area contributed by atoms with E-state index in [0.29, 0.717) is 24.4 Å². The van der Waals surface area contributed by atoms with Crippen LogP contribution in [-0.2, 0) is 4.79 Å². The number of carboxylic acids is 1. The van der Waals surface area contributed by atoms with Gasteiger partial charge in [0.25, 0.3) is 0 Å². The van der Waals surface area contributed by atoms with Crippen molar-refractivity contribution in [2.24, 2.45) is 11.6 Å². The maximum absolute atomic E-state index is 10.3. The lowest BCUT2D eigenvalue weighted by molar-refractivity contribution is -0.137. The molecule has 0 radical (unpaired) electrons. The Kier molecular flexibility index (Phi) is 4.96. The number of carboxylic acid groups (broad SMARTS) is 1. The van der Waals surface area contributed by atoms with Gasteiger partial charge >= 0.3 is 5.97 Å². The SMILES string of the molecule is N/C(=C\N(N)CCCC(=O)O)c1ccccn1. The topological polar surface area (TPSA) is 105 Å². The van der Waals surface area contributed by atoms with E-state index >= 15 is 0 Å². The van der Waals surface area contributed by atoms with Crippen LogP contribution in [0.2, 0.25) is 0 Å². The maximum Gasteiger partial charge on any atom is 0.303 e. The summed E-state index contributed by atoms with van der Waals surface area (Å²) in [4.78, 5) is 14.4. The van der Waals surface area contributed by atoms with E-state index < -0.39 is 5.97 Å². The summed E-state index contributed by atoms with van der Waals surface area (Å²) in [5.41, 5.74) is 6.88. The summed E-state index contributed by atoms with van der Waals surface area (Å²) in [5.74, 6) is 4.82. The van der Waals surface area contributed by atoms with E-state index in [1.807, 2.05) is 6.07 Å². The Balaban J connectivity index is 2.48. The van der Waals surface area contributed by atoms with Crippen molar-refractivity contribution in [3.8, 4) is 0 Å². The average molecular weight is 236 g/mol. The second kappa shape index (κ2) is 6.49. The minimum absolute atomic E-state index is 0.0883. The summed E-state index contributed by atoms with van der Waals surface area (Å²) >= 11 is 0. The molecule has 1 aromatic rings. The van der Waals surface area contributed by atoms with Crippen molar-refractivity contribution < 1.29 is 9.90 Å². The van der Waals surface area contributed by atoms with Crippen LogP contribution in [0.1, 0.15) is 18.5 Å². The lowest BCUT2D eigenvalue weighted by atomic mass is 10.3. The Morgan fingerprint density at radius 2 is 2.29 bits per heavy atom. The van der Waals surface area contributed by atoms with Gasteiger partial charge in [0.05, 0.1) is 11.4 Å². The fourth-order valence-electron chi connectivity index (χ4n) is 1.26. The Morgan fingerprint density at radius 1 is 1.53 bits per heavy atom. The van der Waals surface area contributed by atoms with E-state index in [2.05, 4.69) is 4.98 Å². The quantitative estimate of drug-likeness (QED) is 0.487. The highest BCUT2D eigenvalue weighted by atomic mass is 16.4. The molecular weight excluding hydrogens is 220 g/mol. The van der Waals surface area contributed by atoms with Crippen LogP contribution in [0.4, 0.5) is 0 Å². The normalized spacial score (nSPS) is 11.2. The molecule has 1 aromatic heterocycles. The van der Waals surface area contributed by atoms with Crippen LogP contribution in [0.3, 0.4) is 0 Å². The number of nitrogens with two attached hydrogens (primary N) is 2. The number of pyridine rings is 1. The van der Waals surface area contributed by atoms with Gasteiger partial charge in [-0.25, -0.2) is 5.84 Å². The summed E-state index contributed by atoms with van der Waals surface area (Å²) in [6.45, 7) is 0.430. The maximum atomic E-state index is 10.3. The lowest BCUT2D eigenvalue weighted by Crippen LogP contribution is -2.27. The highest BCUT2D eigenvalue weighted by molar-refractivity contribution is 5.66. The van der Waals surface area contributed by atoms with Crippen LogP contribution in [0, 0.1) is 0 Å². The highest BCUT2D eigenvalue weighted by Gasteiger charge is 2.01. The summed E-state index contributed by atoms with van der Waals surface area (Å²) in [5, 5.41) is 9.84. The molecule has 0 unspecified atom stereocenters. The molecule has 0 saturated heterocycles. The molecule has 92 valence electrons. The third kappa shape index (κ3) is 4.98. The van der Waals surface area contributed by atoms with Gasteiger partial charge in [-0.15, -0.1) is 0 Å². The van der Waals surface area contributed by atoms with Crippen LogP contribution >= 0.6 is 0 Å². The lowest BCUT2D eigenvalue weighted by Gasteiger charge is -2.13. The number of aromatic nitrogens is 1. The molecule has 0 fully saturated rings. The zero-order valence-electron chi connectivity index (χ0n) is 9.41. The van der Waals surface area contributed by atoms with E-state index in [0.717, 1.165) is 0 Å². The standard InChI is InChI=1S/C11H16N4O2/c12-9(10-4-1-2-6-14-10)8-15(13)7-3-5-11(16)17/h1-2,4,6,8H,3,5,7,12-13H2,(H,16,17)/b9-8-. The zero-order valence-corrected chi connectivity index (χ0v) is 9.41. The Morgan fingerprint density at radius 3 is 2.88 bits per heavy atom. The molecule has 0 aliphatic rings. The number of rotatable bonds is 6. The molecule has 0 aromatic carbocycles. The number of hydrazine groups is 1. The van der Waals surface area contributed by atoms with Crippen LogP contribution in [0.15, 0.2) is 30.6 Å². The first kappa shape index (κ1) is 13.0. The van der Waals surface area contributed by atoms with Crippen molar-refractivity contribution in [1.82, 2.24) is 9.99 Å². The van der Waals surface area contributed by atoms with E-state index in [1.54, 1.807) is 24.5 Å². The predicted molar refractivity (Wildman–Crippen MR) is 64.2 cm³/mol. The van der Waals surface area contributed by atoms with Crippen LogP contribution in [-0.4, -0.2) is 27.6 Å². The van der Waals surface area contributed by atoms with Gasteiger partial charge in [0, 0.05) is 25.4 Å². The van der Waals surface area contributed by atoms with Crippen molar-refractivity contribution >= 4 is 11.7 Å². The molecule has 0 aliphatic carbocycles. The summed E-state index contributed by atoms with van der Waals surface area (Å²) < 4.78 is 0.